The van der Waals surface area contributed by atoms with Gasteiger partial charge in [-0.15, -0.1) is 0 Å². The number of fused-ring (bicyclic) bond motifs is 1. The molecule has 3 heterocycles. The highest BCUT2D eigenvalue weighted by Gasteiger charge is 2.12. The van der Waals surface area contributed by atoms with Crippen molar-refractivity contribution in [3.8, 4) is 11.3 Å². The fraction of sp³-hybridized carbons (Fsp3) is 0.0400. The van der Waals surface area contributed by atoms with E-state index in [0.717, 1.165) is 39.1 Å². The second-order valence-electron chi connectivity index (χ2n) is 7.39. The number of carbonyl (C=O) groups is 1. The topological polar surface area (TPSA) is 95.6 Å². The fourth-order valence-electron chi connectivity index (χ4n) is 3.46. The molecule has 0 aliphatic rings. The molecule has 5 aromatic rings. The number of pyridine rings is 1. The molecule has 0 saturated heterocycles. The summed E-state index contributed by atoms with van der Waals surface area (Å²) in [6.07, 6.45) is 5.20. The van der Waals surface area contributed by atoms with Gasteiger partial charge in [0.25, 0.3) is 5.91 Å². The molecule has 5 rings (SSSR count). The van der Waals surface area contributed by atoms with Crippen molar-refractivity contribution in [1.82, 2.24) is 19.9 Å². The van der Waals surface area contributed by atoms with Crippen molar-refractivity contribution in [2.24, 2.45) is 0 Å². The van der Waals surface area contributed by atoms with Gasteiger partial charge in [0, 0.05) is 46.4 Å². The van der Waals surface area contributed by atoms with E-state index in [1.165, 1.54) is 0 Å². The Morgan fingerprint density at radius 2 is 1.88 bits per heavy atom. The fourth-order valence-corrected chi connectivity index (χ4v) is 3.46. The molecule has 0 saturated carbocycles. The minimum absolute atomic E-state index is 0.183. The third-order valence-electron chi connectivity index (χ3n) is 5.13. The Balaban J connectivity index is 1.37. The third-order valence-corrected chi connectivity index (χ3v) is 5.13. The zero-order valence-electron chi connectivity index (χ0n) is 17.3. The summed E-state index contributed by atoms with van der Waals surface area (Å²) in [6, 6.07) is 21.0. The summed E-state index contributed by atoms with van der Waals surface area (Å²) in [5, 5.41) is 7.10. The first-order valence-corrected chi connectivity index (χ1v) is 10.2. The lowest BCUT2D eigenvalue weighted by atomic mass is 10.2. The van der Waals surface area contributed by atoms with Gasteiger partial charge >= 0.3 is 0 Å². The van der Waals surface area contributed by atoms with E-state index in [9.17, 15) is 4.79 Å². The van der Waals surface area contributed by atoms with E-state index in [4.69, 9.17) is 0 Å². The maximum Gasteiger partial charge on any atom is 0.272 e. The van der Waals surface area contributed by atoms with E-state index in [1.54, 1.807) is 18.6 Å². The molecule has 0 spiro atoms. The van der Waals surface area contributed by atoms with Gasteiger partial charge < -0.3 is 15.6 Å². The van der Waals surface area contributed by atoms with Crippen LogP contribution in [-0.4, -0.2) is 25.8 Å². The highest BCUT2D eigenvalue weighted by Crippen LogP contribution is 2.24. The van der Waals surface area contributed by atoms with Gasteiger partial charge in [-0.2, -0.15) is 0 Å². The van der Waals surface area contributed by atoms with Crippen molar-refractivity contribution in [3.63, 3.8) is 0 Å². The molecule has 0 radical (unpaired) electrons. The Morgan fingerprint density at radius 1 is 0.969 bits per heavy atom. The number of H-pyrrole nitrogens is 1. The van der Waals surface area contributed by atoms with E-state index in [0.29, 0.717) is 11.6 Å². The third kappa shape index (κ3) is 4.04. The number of hydrogen-bond acceptors (Lipinski definition) is 5. The lowest BCUT2D eigenvalue weighted by Crippen LogP contribution is -2.12. The van der Waals surface area contributed by atoms with E-state index >= 15 is 0 Å². The van der Waals surface area contributed by atoms with Crippen LogP contribution in [0.4, 0.5) is 17.3 Å². The number of aromatic amines is 1. The number of hydrogen-bond donors (Lipinski definition) is 3. The Labute approximate surface area is 184 Å². The van der Waals surface area contributed by atoms with Crippen LogP contribution in [0.1, 0.15) is 16.1 Å². The van der Waals surface area contributed by atoms with Crippen LogP contribution in [0.3, 0.4) is 0 Å². The van der Waals surface area contributed by atoms with Gasteiger partial charge in [-0.25, -0.2) is 9.97 Å². The zero-order valence-corrected chi connectivity index (χ0v) is 17.3. The second kappa shape index (κ2) is 8.31. The van der Waals surface area contributed by atoms with Gasteiger partial charge in [-0.05, 0) is 61.0 Å². The summed E-state index contributed by atoms with van der Waals surface area (Å²) in [7, 11) is 0. The van der Waals surface area contributed by atoms with Crippen LogP contribution in [0, 0.1) is 6.92 Å². The number of aryl methyl sites for hydroxylation is 1. The van der Waals surface area contributed by atoms with Crippen molar-refractivity contribution in [2.75, 3.05) is 10.6 Å². The monoisotopic (exact) mass is 420 g/mol. The summed E-state index contributed by atoms with van der Waals surface area (Å²) in [5.41, 5.74) is 5.70. The van der Waals surface area contributed by atoms with Crippen LogP contribution in [0.25, 0.3) is 22.2 Å². The van der Waals surface area contributed by atoms with Crippen molar-refractivity contribution in [3.05, 3.63) is 96.6 Å². The van der Waals surface area contributed by atoms with E-state index in [1.807, 2.05) is 73.7 Å². The zero-order chi connectivity index (χ0) is 21.9. The van der Waals surface area contributed by atoms with Crippen LogP contribution in [-0.2, 0) is 0 Å². The number of nitrogens with one attached hydrogen (secondary N) is 3. The minimum Gasteiger partial charge on any atom is -0.351 e. The minimum atomic E-state index is -0.183. The quantitative estimate of drug-likeness (QED) is 0.357. The number of benzene rings is 2. The van der Waals surface area contributed by atoms with Crippen molar-refractivity contribution in [2.45, 2.75) is 6.92 Å². The highest BCUT2D eigenvalue weighted by molar-refractivity contribution is 6.06. The smallest absolute Gasteiger partial charge is 0.272 e. The Morgan fingerprint density at radius 3 is 2.72 bits per heavy atom. The van der Waals surface area contributed by atoms with Crippen molar-refractivity contribution >= 4 is 34.1 Å². The Bertz CT molecular complexity index is 1410. The van der Waals surface area contributed by atoms with Gasteiger partial charge in [0.05, 0.1) is 5.69 Å². The Kier molecular flexibility index (Phi) is 5.05. The predicted octanol–water partition coefficient (Wildman–Crippen LogP) is 5.32. The number of carbonyl (C=O) groups excluding carboxylic acids is 1. The Hall–Kier alpha value is -4.52. The van der Waals surface area contributed by atoms with Crippen molar-refractivity contribution in [1.29, 1.82) is 0 Å². The number of nitrogens with zero attached hydrogens (tertiary/aromatic N) is 3. The SMILES string of the molecule is Cc1ccccc1NC(=O)c1cc2cc(Nc3nccc(-c4cccnc4)n3)ccc2[nH]1. The molecule has 2 aromatic carbocycles. The summed E-state index contributed by atoms with van der Waals surface area (Å²) in [6.45, 7) is 1.96. The second-order valence-corrected chi connectivity index (χ2v) is 7.39. The molecule has 0 fully saturated rings. The first-order chi connectivity index (χ1) is 15.7. The van der Waals surface area contributed by atoms with Crippen LogP contribution in [0.2, 0.25) is 0 Å². The van der Waals surface area contributed by atoms with Gasteiger partial charge in [-0.3, -0.25) is 9.78 Å². The molecule has 1 amide bonds. The van der Waals surface area contributed by atoms with Gasteiger partial charge in [0.15, 0.2) is 0 Å². The number of anilines is 3. The largest absolute Gasteiger partial charge is 0.351 e. The first kappa shape index (κ1) is 19.4. The van der Waals surface area contributed by atoms with Crippen LogP contribution in [0.5, 0.6) is 0 Å². The van der Waals surface area contributed by atoms with Gasteiger partial charge in [-0.1, -0.05) is 18.2 Å². The van der Waals surface area contributed by atoms with E-state index in [2.05, 4.69) is 30.6 Å². The number of aromatic nitrogens is 4. The van der Waals surface area contributed by atoms with Crippen LogP contribution < -0.4 is 10.6 Å². The lowest BCUT2D eigenvalue weighted by molar-refractivity contribution is 0.102. The lowest BCUT2D eigenvalue weighted by Gasteiger charge is -2.06. The van der Waals surface area contributed by atoms with Crippen molar-refractivity contribution < 1.29 is 4.79 Å². The number of amides is 1. The molecule has 0 aliphatic carbocycles. The molecule has 0 atom stereocenters. The molecule has 0 unspecified atom stereocenters. The summed E-state index contributed by atoms with van der Waals surface area (Å²) in [5.74, 6) is 0.302. The molecule has 156 valence electrons. The first-order valence-electron chi connectivity index (χ1n) is 10.2. The molecule has 3 aromatic heterocycles. The molecular weight excluding hydrogens is 400 g/mol. The maximum atomic E-state index is 12.7. The van der Waals surface area contributed by atoms with E-state index < -0.39 is 0 Å². The molecule has 0 bridgehead atoms. The molecular formula is C25H20N6O. The average molecular weight is 420 g/mol. The highest BCUT2D eigenvalue weighted by atomic mass is 16.1. The average Bonchev–Trinajstić information content (AvgIpc) is 3.25. The summed E-state index contributed by atoms with van der Waals surface area (Å²) >= 11 is 0. The number of para-hydroxylation sites is 1. The standard InChI is InChI=1S/C25H20N6O/c1-16-5-2-3-7-20(16)30-24(32)23-14-18-13-19(8-9-21(18)29-23)28-25-27-12-10-22(31-25)17-6-4-11-26-15-17/h2-15,29H,1H3,(H,30,32)(H,27,28,31). The number of rotatable bonds is 5. The van der Waals surface area contributed by atoms with Gasteiger partial charge in [0.2, 0.25) is 5.95 Å². The van der Waals surface area contributed by atoms with Crippen LogP contribution >= 0.6 is 0 Å². The van der Waals surface area contributed by atoms with E-state index in [-0.39, 0.29) is 5.91 Å². The molecule has 3 N–H and O–H groups in total. The normalized spacial score (nSPS) is 10.8. The summed E-state index contributed by atoms with van der Waals surface area (Å²) < 4.78 is 0. The molecule has 7 nitrogen and oxygen atoms in total. The predicted molar refractivity (Wildman–Crippen MR) is 126 cm³/mol. The summed E-state index contributed by atoms with van der Waals surface area (Å²) in [4.78, 5) is 28.9. The molecule has 0 aliphatic heterocycles. The maximum absolute atomic E-state index is 12.7. The van der Waals surface area contributed by atoms with Crippen LogP contribution in [0.15, 0.2) is 85.3 Å². The van der Waals surface area contributed by atoms with Gasteiger partial charge in [0.1, 0.15) is 5.69 Å². The molecule has 32 heavy (non-hydrogen) atoms. The molecule has 7 heteroatoms.